The average Bonchev–Trinajstić information content (AvgIpc) is 3.20. The van der Waals surface area contributed by atoms with Gasteiger partial charge >= 0.3 is 6.18 Å². The van der Waals surface area contributed by atoms with E-state index in [0.29, 0.717) is 22.9 Å². The molecule has 1 aromatic carbocycles. The van der Waals surface area contributed by atoms with Crippen LogP contribution in [0.3, 0.4) is 0 Å². The number of hydrogen-bond acceptors (Lipinski definition) is 4. The van der Waals surface area contributed by atoms with Crippen LogP contribution in [0.4, 0.5) is 13.2 Å². The van der Waals surface area contributed by atoms with Crippen molar-refractivity contribution in [1.82, 2.24) is 10.3 Å². The number of benzene rings is 1. The third-order valence-corrected chi connectivity index (χ3v) is 5.96. The predicted molar refractivity (Wildman–Crippen MR) is 106 cm³/mol. The highest BCUT2D eigenvalue weighted by Gasteiger charge is 2.27. The van der Waals surface area contributed by atoms with Gasteiger partial charge in [0.05, 0.1) is 12.2 Å². The van der Waals surface area contributed by atoms with Gasteiger partial charge in [0.2, 0.25) is 0 Å². The van der Waals surface area contributed by atoms with Crippen LogP contribution in [0.5, 0.6) is 0 Å². The summed E-state index contributed by atoms with van der Waals surface area (Å²) in [7, 11) is 0. The standard InChI is InChI=1S/C21H23F3N2O2S/c22-21(23,24)14-28-13-16-9-7-15(8-10-16)12-26-19(27)18-6-3-11-25-20(18)29-17-4-1-2-5-17/h3,6-11,17H,1-2,4-5,12-14H2,(H,26,27). The molecule has 0 bridgehead atoms. The van der Waals surface area contributed by atoms with Crippen LogP contribution in [0.2, 0.25) is 0 Å². The number of carbonyl (C=O) groups excluding carboxylic acids is 1. The van der Waals surface area contributed by atoms with Gasteiger partial charge in [-0.2, -0.15) is 13.2 Å². The molecule has 0 unspecified atom stereocenters. The average molecular weight is 424 g/mol. The third kappa shape index (κ3) is 7.04. The van der Waals surface area contributed by atoms with Crippen LogP contribution in [0, 0.1) is 0 Å². The van der Waals surface area contributed by atoms with E-state index in [1.54, 1.807) is 54.4 Å². The summed E-state index contributed by atoms with van der Waals surface area (Å²) in [5, 5.41) is 4.17. The number of rotatable bonds is 8. The highest BCUT2D eigenvalue weighted by atomic mass is 32.2. The Kier molecular flexibility index (Phi) is 7.55. The van der Waals surface area contributed by atoms with Gasteiger partial charge in [0, 0.05) is 18.0 Å². The van der Waals surface area contributed by atoms with Gasteiger partial charge < -0.3 is 10.1 Å². The molecular weight excluding hydrogens is 401 g/mol. The Labute approximate surface area is 172 Å². The first-order valence-electron chi connectivity index (χ1n) is 9.53. The van der Waals surface area contributed by atoms with Gasteiger partial charge in [-0.1, -0.05) is 37.1 Å². The van der Waals surface area contributed by atoms with Gasteiger partial charge in [0.1, 0.15) is 11.6 Å². The lowest BCUT2D eigenvalue weighted by Gasteiger charge is -2.12. The number of carbonyl (C=O) groups is 1. The first-order chi connectivity index (χ1) is 13.9. The SMILES string of the molecule is O=C(NCc1ccc(COCC(F)(F)F)cc1)c1cccnc1SC1CCCC1. The van der Waals surface area contributed by atoms with Crippen molar-refractivity contribution < 1.29 is 22.7 Å². The van der Waals surface area contributed by atoms with Gasteiger partial charge in [0.25, 0.3) is 5.91 Å². The van der Waals surface area contributed by atoms with E-state index in [0.717, 1.165) is 23.4 Å². The van der Waals surface area contributed by atoms with E-state index in [1.807, 2.05) is 0 Å². The van der Waals surface area contributed by atoms with Crippen LogP contribution in [0.1, 0.15) is 47.2 Å². The van der Waals surface area contributed by atoms with Gasteiger partial charge in [0.15, 0.2) is 0 Å². The second kappa shape index (κ2) is 10.1. The molecule has 29 heavy (non-hydrogen) atoms. The molecule has 1 amide bonds. The van der Waals surface area contributed by atoms with E-state index in [9.17, 15) is 18.0 Å². The zero-order valence-corrected chi connectivity index (χ0v) is 16.7. The summed E-state index contributed by atoms with van der Waals surface area (Å²) in [5.74, 6) is -0.184. The van der Waals surface area contributed by atoms with E-state index in [1.165, 1.54) is 12.8 Å². The topological polar surface area (TPSA) is 51.2 Å². The first-order valence-corrected chi connectivity index (χ1v) is 10.4. The minimum Gasteiger partial charge on any atom is -0.367 e. The molecule has 4 nitrogen and oxygen atoms in total. The minimum atomic E-state index is -4.33. The second-order valence-corrected chi connectivity index (χ2v) is 8.28. The van der Waals surface area contributed by atoms with Crippen molar-refractivity contribution in [3.63, 3.8) is 0 Å². The number of nitrogens with one attached hydrogen (secondary N) is 1. The number of halogens is 3. The van der Waals surface area contributed by atoms with Gasteiger partial charge in [-0.3, -0.25) is 4.79 Å². The molecule has 156 valence electrons. The lowest BCUT2D eigenvalue weighted by Crippen LogP contribution is -2.24. The Morgan fingerprint density at radius 3 is 2.52 bits per heavy atom. The van der Waals surface area contributed by atoms with Crippen LogP contribution in [0.15, 0.2) is 47.6 Å². The molecule has 0 spiro atoms. The molecule has 1 aliphatic rings. The van der Waals surface area contributed by atoms with Crippen molar-refractivity contribution in [2.24, 2.45) is 0 Å². The largest absolute Gasteiger partial charge is 0.411 e. The van der Waals surface area contributed by atoms with E-state index in [4.69, 9.17) is 0 Å². The summed E-state index contributed by atoms with van der Waals surface area (Å²) in [4.78, 5) is 17.0. The van der Waals surface area contributed by atoms with E-state index < -0.39 is 12.8 Å². The highest BCUT2D eigenvalue weighted by Crippen LogP contribution is 2.35. The number of ether oxygens (including phenoxy) is 1. The zero-order valence-electron chi connectivity index (χ0n) is 15.9. The smallest absolute Gasteiger partial charge is 0.367 e. The molecule has 1 saturated carbocycles. The van der Waals surface area contributed by atoms with Gasteiger partial charge in [-0.25, -0.2) is 4.98 Å². The summed E-state index contributed by atoms with van der Waals surface area (Å²) in [6.07, 6.45) is 2.13. The molecule has 0 saturated heterocycles. The van der Waals surface area contributed by atoms with Crippen LogP contribution in [0.25, 0.3) is 0 Å². The molecule has 1 aliphatic carbocycles. The van der Waals surface area contributed by atoms with Crippen LogP contribution in [-0.4, -0.2) is 28.9 Å². The molecule has 0 atom stereocenters. The normalized spacial score (nSPS) is 14.9. The predicted octanol–water partition coefficient (Wildman–Crippen LogP) is 5.13. The highest BCUT2D eigenvalue weighted by molar-refractivity contribution is 7.99. The van der Waals surface area contributed by atoms with Gasteiger partial charge in [-0.05, 0) is 36.1 Å². The third-order valence-electron chi connectivity index (χ3n) is 4.61. The van der Waals surface area contributed by atoms with Crippen molar-refractivity contribution in [2.45, 2.75) is 55.3 Å². The van der Waals surface area contributed by atoms with Crippen LogP contribution in [-0.2, 0) is 17.9 Å². The number of aromatic nitrogens is 1. The maximum absolute atomic E-state index is 12.6. The van der Waals surface area contributed by atoms with Gasteiger partial charge in [-0.15, -0.1) is 11.8 Å². The summed E-state index contributed by atoms with van der Waals surface area (Å²) in [6, 6.07) is 10.5. The molecule has 1 fully saturated rings. The molecule has 2 aromatic rings. The maximum atomic E-state index is 12.6. The summed E-state index contributed by atoms with van der Waals surface area (Å²) in [6.45, 7) is -1.05. The minimum absolute atomic E-state index is 0.108. The molecule has 8 heteroatoms. The Balaban J connectivity index is 1.51. The van der Waals surface area contributed by atoms with Crippen molar-refractivity contribution in [2.75, 3.05) is 6.61 Å². The number of pyridine rings is 1. The monoisotopic (exact) mass is 424 g/mol. The fourth-order valence-corrected chi connectivity index (χ4v) is 4.43. The first kappa shape index (κ1) is 21.6. The lowest BCUT2D eigenvalue weighted by atomic mass is 10.1. The molecular formula is C21H23F3N2O2S. The Hall–Kier alpha value is -2.06. The van der Waals surface area contributed by atoms with Crippen LogP contribution >= 0.6 is 11.8 Å². The summed E-state index contributed by atoms with van der Waals surface area (Å²) >= 11 is 1.67. The van der Waals surface area contributed by atoms with E-state index in [-0.39, 0.29) is 12.5 Å². The molecule has 0 radical (unpaired) electrons. The Bertz CT molecular complexity index is 806. The number of hydrogen-bond donors (Lipinski definition) is 1. The number of amides is 1. The Morgan fingerprint density at radius 1 is 1.14 bits per heavy atom. The Morgan fingerprint density at radius 2 is 1.83 bits per heavy atom. The number of nitrogens with zero attached hydrogens (tertiary/aromatic N) is 1. The summed E-state index contributed by atoms with van der Waals surface area (Å²) in [5.41, 5.74) is 2.07. The van der Waals surface area contributed by atoms with Crippen molar-refractivity contribution >= 4 is 17.7 Å². The quantitative estimate of drug-likeness (QED) is 0.639. The number of alkyl halides is 3. The van der Waals surface area contributed by atoms with E-state index in [2.05, 4.69) is 15.0 Å². The van der Waals surface area contributed by atoms with E-state index >= 15 is 0 Å². The fraction of sp³-hybridized carbons (Fsp3) is 0.429. The second-order valence-electron chi connectivity index (χ2n) is 6.99. The van der Waals surface area contributed by atoms with Crippen molar-refractivity contribution in [3.05, 3.63) is 59.3 Å². The molecule has 3 rings (SSSR count). The molecule has 0 aliphatic heterocycles. The molecule has 1 N–H and O–H groups in total. The fourth-order valence-electron chi connectivity index (χ4n) is 3.14. The molecule has 1 heterocycles. The lowest BCUT2D eigenvalue weighted by molar-refractivity contribution is -0.176. The molecule has 1 aromatic heterocycles. The van der Waals surface area contributed by atoms with Crippen molar-refractivity contribution in [1.29, 1.82) is 0 Å². The number of thioether (sulfide) groups is 1. The maximum Gasteiger partial charge on any atom is 0.411 e. The van der Waals surface area contributed by atoms with Crippen molar-refractivity contribution in [3.8, 4) is 0 Å². The zero-order chi connectivity index (χ0) is 20.7. The summed E-state index contributed by atoms with van der Waals surface area (Å²) < 4.78 is 41.0. The van der Waals surface area contributed by atoms with Crippen LogP contribution < -0.4 is 5.32 Å².